The summed E-state index contributed by atoms with van der Waals surface area (Å²) in [5.41, 5.74) is 5.92. The summed E-state index contributed by atoms with van der Waals surface area (Å²) in [5, 5.41) is 4.87. The van der Waals surface area contributed by atoms with Crippen molar-refractivity contribution in [3.63, 3.8) is 0 Å². The zero-order chi connectivity index (χ0) is 38.1. The first-order chi connectivity index (χ1) is 24.5. The first-order valence-electron chi connectivity index (χ1n) is 19.1. The van der Waals surface area contributed by atoms with E-state index in [-0.39, 0.29) is 47.5 Å². The molecule has 1 heterocycles. The normalized spacial score (nSPS) is 24.2. The van der Waals surface area contributed by atoms with Crippen molar-refractivity contribution in [1.29, 1.82) is 0 Å². The van der Waals surface area contributed by atoms with Crippen LogP contribution < -0.4 is 25.0 Å². The van der Waals surface area contributed by atoms with E-state index in [1.165, 1.54) is 5.01 Å². The van der Waals surface area contributed by atoms with Gasteiger partial charge in [0.2, 0.25) is 17.6 Å². The van der Waals surface area contributed by atoms with Crippen molar-refractivity contribution in [1.82, 2.24) is 10.3 Å². The van der Waals surface area contributed by atoms with Crippen LogP contribution in [-0.4, -0.2) is 69.0 Å². The van der Waals surface area contributed by atoms with Crippen LogP contribution in [0.15, 0.2) is 36.4 Å². The molecule has 2 amide bonds. The van der Waals surface area contributed by atoms with Crippen molar-refractivity contribution < 1.29 is 33.1 Å². The number of hydrogen-bond donors (Lipinski definition) is 2. The Morgan fingerprint density at radius 2 is 1.63 bits per heavy atom. The van der Waals surface area contributed by atoms with E-state index >= 15 is 0 Å². The molecule has 2 N–H and O–H groups in total. The lowest BCUT2D eigenvalue weighted by Gasteiger charge is -2.64. The Morgan fingerprint density at radius 3 is 2.19 bits per heavy atom. The smallest absolute Gasteiger partial charge is 0.481 e. The van der Waals surface area contributed by atoms with Gasteiger partial charge < -0.3 is 28.8 Å². The molecule has 11 heteroatoms. The van der Waals surface area contributed by atoms with Crippen LogP contribution in [0.5, 0.6) is 17.2 Å². The average molecular weight is 720 g/mol. The summed E-state index contributed by atoms with van der Waals surface area (Å²) in [6, 6.07) is 10.9. The van der Waals surface area contributed by atoms with Gasteiger partial charge in [0.25, 0.3) is 0 Å². The minimum absolute atomic E-state index is 0.00455. The van der Waals surface area contributed by atoms with Gasteiger partial charge >= 0.3 is 7.12 Å². The first-order valence-corrected chi connectivity index (χ1v) is 19.1. The second-order valence-electron chi connectivity index (χ2n) is 17.0. The summed E-state index contributed by atoms with van der Waals surface area (Å²) >= 11 is 0. The molecule has 0 spiro atoms. The third-order valence-corrected chi connectivity index (χ3v) is 12.0. The van der Waals surface area contributed by atoms with Crippen molar-refractivity contribution in [2.45, 2.75) is 124 Å². The van der Waals surface area contributed by atoms with Crippen LogP contribution >= 0.6 is 0 Å². The largest absolute Gasteiger partial charge is 0.493 e. The van der Waals surface area contributed by atoms with Gasteiger partial charge in [0.1, 0.15) is 6.04 Å². The van der Waals surface area contributed by atoms with Gasteiger partial charge in [-0.3, -0.25) is 15.0 Å². The number of hydrogen-bond acceptors (Lipinski definition) is 8. The molecule has 10 nitrogen and oxygen atoms in total. The molecule has 1 saturated heterocycles. The standard InChI is InChI=1S/C41H62BN3O7/c1-24(2)18-35(42-51-34-23-29-22-33(40(29,7)8)41(34,9)52-42)43-39(47)37(26(5)6)45(44-30-15-13-14-28(21-30)25(3)4)36(46)17-16-27-19-31(48-10)38(50-12)32(20-27)49-11/h13-15,19-21,24-26,29,33-35,37,44H,16-18,22-23H2,1-12H3,(H,43,47)/t29-,33-,34+,35-,37?,41-/m0/s1. The summed E-state index contributed by atoms with van der Waals surface area (Å²) in [6.45, 7) is 19.4. The van der Waals surface area contributed by atoms with Gasteiger partial charge in [0.15, 0.2) is 11.5 Å². The fourth-order valence-corrected chi connectivity index (χ4v) is 8.85. The number of anilines is 1. The highest BCUT2D eigenvalue weighted by atomic mass is 16.7. The maximum atomic E-state index is 14.6. The van der Waals surface area contributed by atoms with Crippen molar-refractivity contribution in [2.24, 2.45) is 29.1 Å². The Kier molecular flexibility index (Phi) is 12.2. The lowest BCUT2D eigenvalue weighted by molar-refractivity contribution is -0.199. The Hall–Kier alpha value is -3.44. The summed E-state index contributed by atoms with van der Waals surface area (Å²) in [4.78, 5) is 29.0. The van der Waals surface area contributed by atoms with Crippen molar-refractivity contribution >= 4 is 24.6 Å². The van der Waals surface area contributed by atoms with E-state index in [0.717, 1.165) is 29.7 Å². The Labute approximate surface area is 312 Å². The number of benzene rings is 2. The molecule has 2 bridgehead atoms. The number of nitrogens with one attached hydrogen (secondary N) is 2. The number of carbonyl (C=O) groups excluding carboxylic acids is 2. The highest BCUT2D eigenvalue weighted by Gasteiger charge is 2.68. The monoisotopic (exact) mass is 719 g/mol. The molecule has 6 rings (SSSR count). The summed E-state index contributed by atoms with van der Waals surface area (Å²) in [7, 11) is 4.14. The summed E-state index contributed by atoms with van der Waals surface area (Å²) < 4.78 is 30.2. The van der Waals surface area contributed by atoms with Gasteiger partial charge in [-0.2, -0.15) is 0 Å². The molecule has 286 valence electrons. The number of carbonyl (C=O) groups is 2. The fraction of sp³-hybridized carbons (Fsp3) is 0.659. The second kappa shape index (κ2) is 15.9. The molecule has 4 aliphatic rings. The van der Waals surface area contributed by atoms with Crippen LogP contribution in [0.2, 0.25) is 0 Å². The minimum Gasteiger partial charge on any atom is -0.493 e. The lowest BCUT2D eigenvalue weighted by Crippen LogP contribution is -2.65. The van der Waals surface area contributed by atoms with E-state index in [2.05, 4.69) is 65.3 Å². The molecule has 4 fully saturated rings. The van der Waals surface area contributed by atoms with Crippen molar-refractivity contribution in [3.05, 3.63) is 47.5 Å². The van der Waals surface area contributed by atoms with Gasteiger partial charge in [-0.15, -0.1) is 0 Å². The number of rotatable bonds is 16. The van der Waals surface area contributed by atoms with Gasteiger partial charge in [-0.1, -0.05) is 67.5 Å². The molecule has 3 aliphatic carbocycles. The first kappa shape index (κ1) is 39.8. The van der Waals surface area contributed by atoms with E-state index in [1.54, 1.807) is 21.3 Å². The maximum Gasteiger partial charge on any atom is 0.481 e. The van der Waals surface area contributed by atoms with Crippen LogP contribution in [0.25, 0.3) is 0 Å². The van der Waals surface area contributed by atoms with Crippen LogP contribution in [0, 0.1) is 29.1 Å². The maximum absolute atomic E-state index is 14.6. The van der Waals surface area contributed by atoms with Crippen LogP contribution in [0.3, 0.4) is 0 Å². The van der Waals surface area contributed by atoms with Gasteiger partial charge in [0.05, 0.1) is 44.7 Å². The van der Waals surface area contributed by atoms with Gasteiger partial charge in [-0.05, 0) is 103 Å². The quantitative estimate of drug-likeness (QED) is 0.136. The fourth-order valence-electron chi connectivity index (χ4n) is 8.85. The SMILES string of the molecule is COc1cc(CCC(=O)N(Nc2cccc(C(C)C)c2)C(C(=O)N[C@@H](CC(C)C)B2O[C@@H]3C[C@@H]4C[C@@H](C4(C)C)[C@]3(C)O2)C(C)C)cc(OC)c1OC. The predicted octanol–water partition coefficient (Wildman–Crippen LogP) is 7.45. The predicted molar refractivity (Wildman–Crippen MR) is 206 cm³/mol. The second-order valence-corrected chi connectivity index (χ2v) is 17.0. The molecule has 0 aromatic heterocycles. The van der Waals surface area contributed by atoms with Gasteiger partial charge in [0, 0.05) is 6.42 Å². The van der Waals surface area contributed by atoms with E-state index in [4.69, 9.17) is 23.5 Å². The van der Waals surface area contributed by atoms with Gasteiger partial charge in [-0.25, -0.2) is 5.01 Å². The van der Waals surface area contributed by atoms with E-state index in [1.807, 2.05) is 44.2 Å². The topological polar surface area (TPSA) is 108 Å². The van der Waals surface area contributed by atoms with Crippen LogP contribution in [0.1, 0.15) is 105 Å². The third kappa shape index (κ3) is 7.91. The molecule has 1 unspecified atom stereocenters. The molecule has 2 aromatic rings. The Morgan fingerprint density at radius 1 is 0.962 bits per heavy atom. The zero-order valence-corrected chi connectivity index (χ0v) is 33.5. The zero-order valence-electron chi connectivity index (χ0n) is 33.5. The van der Waals surface area contributed by atoms with Crippen molar-refractivity contribution in [3.8, 4) is 17.2 Å². The molecule has 3 saturated carbocycles. The highest BCUT2D eigenvalue weighted by Crippen LogP contribution is 2.65. The molecule has 0 radical (unpaired) electrons. The Bertz CT molecular complexity index is 1560. The average Bonchev–Trinajstić information content (AvgIpc) is 3.46. The Balaban J connectivity index is 1.42. The number of hydrazine groups is 1. The number of ether oxygens (including phenoxy) is 3. The molecule has 52 heavy (non-hydrogen) atoms. The molecular weight excluding hydrogens is 657 g/mol. The molecule has 6 atom stereocenters. The molecule has 1 aliphatic heterocycles. The highest BCUT2D eigenvalue weighted by molar-refractivity contribution is 6.48. The van der Waals surface area contributed by atoms with E-state index in [0.29, 0.717) is 47.8 Å². The van der Waals surface area contributed by atoms with E-state index < -0.39 is 18.8 Å². The molecular formula is C41H62BN3O7. The summed E-state index contributed by atoms with van der Waals surface area (Å²) in [5.74, 6) is 2.09. The number of nitrogens with zero attached hydrogens (tertiary/aromatic N) is 1. The third-order valence-electron chi connectivity index (χ3n) is 12.0. The lowest BCUT2D eigenvalue weighted by atomic mass is 9.43. The van der Waals surface area contributed by atoms with Crippen LogP contribution in [-0.2, 0) is 25.3 Å². The molecule has 2 aromatic carbocycles. The van der Waals surface area contributed by atoms with Crippen molar-refractivity contribution in [2.75, 3.05) is 26.8 Å². The summed E-state index contributed by atoms with van der Waals surface area (Å²) in [6.07, 6.45) is 3.34. The van der Waals surface area contributed by atoms with E-state index in [9.17, 15) is 9.59 Å². The number of aryl methyl sites for hydroxylation is 1. The van der Waals surface area contributed by atoms with Crippen LogP contribution in [0.4, 0.5) is 5.69 Å². The number of methoxy groups -OCH3 is 3. The number of amides is 2. The minimum atomic E-state index is -0.823.